The fraction of sp³-hybridized carbons (Fsp3) is 0. The van der Waals surface area contributed by atoms with Crippen molar-refractivity contribution in [2.75, 3.05) is 4.90 Å². The number of hydrogen-bond donors (Lipinski definition) is 0. The number of rotatable bonds is 9. The summed E-state index contributed by atoms with van der Waals surface area (Å²) in [5, 5.41) is 10.5. The number of benzene rings is 10. The van der Waals surface area contributed by atoms with Crippen LogP contribution in [-0.2, 0) is 0 Å². The fourth-order valence-corrected chi connectivity index (χ4v) is 15.5. The van der Waals surface area contributed by atoms with Crippen LogP contribution in [0.4, 0.5) is 17.1 Å². The first-order chi connectivity index (χ1) is 30.3. The van der Waals surface area contributed by atoms with E-state index in [1.807, 2.05) is 11.3 Å². The lowest BCUT2D eigenvalue weighted by Gasteiger charge is -2.34. The van der Waals surface area contributed by atoms with Crippen LogP contribution >= 0.6 is 11.3 Å². The molecule has 0 N–H and O–H groups in total. The number of nitrogens with zero attached hydrogens (tertiary/aromatic N) is 1. The van der Waals surface area contributed by atoms with Crippen molar-refractivity contribution in [2.45, 2.75) is 0 Å². The molecular weight excluding hydrogens is 771 g/mol. The van der Waals surface area contributed by atoms with Crippen molar-refractivity contribution in [2.24, 2.45) is 0 Å². The zero-order valence-electron chi connectivity index (χ0n) is 33.5. The van der Waals surface area contributed by atoms with E-state index in [9.17, 15) is 0 Å². The smallest absolute Gasteiger partial charge is 0.179 e. The lowest BCUT2D eigenvalue weighted by Crippen LogP contribution is -2.74. The van der Waals surface area contributed by atoms with Crippen molar-refractivity contribution in [3.8, 4) is 22.3 Å². The third-order valence-electron chi connectivity index (χ3n) is 12.2. The van der Waals surface area contributed by atoms with Gasteiger partial charge < -0.3 is 4.90 Å². The van der Waals surface area contributed by atoms with E-state index in [0.717, 1.165) is 11.4 Å². The highest BCUT2D eigenvalue weighted by molar-refractivity contribution is 7.26. The van der Waals surface area contributed by atoms with Gasteiger partial charge in [-0.05, 0) is 90.2 Å². The van der Waals surface area contributed by atoms with Crippen LogP contribution in [0.1, 0.15) is 0 Å². The van der Waals surface area contributed by atoms with Crippen molar-refractivity contribution in [1.82, 2.24) is 0 Å². The van der Waals surface area contributed by atoms with Gasteiger partial charge in [-0.3, -0.25) is 0 Å². The summed E-state index contributed by atoms with van der Waals surface area (Å²) in [6.45, 7) is 0. The topological polar surface area (TPSA) is 3.24 Å². The molecule has 10 aromatic carbocycles. The minimum absolute atomic E-state index is 1.11. The van der Waals surface area contributed by atoms with Gasteiger partial charge in [0.25, 0.3) is 0 Å². The molecule has 0 fully saturated rings. The number of thiophene rings is 1. The van der Waals surface area contributed by atoms with Crippen molar-refractivity contribution in [3.05, 3.63) is 249 Å². The molecule has 1 aromatic heterocycles. The molecule has 3 heteroatoms. The van der Waals surface area contributed by atoms with Gasteiger partial charge in [0.05, 0.1) is 5.69 Å². The standard InChI is InChI=1S/C58H41NSSi/c1-5-19-42(20-6-1)43-35-37-47(38-36-43)59(55-41-46-21-13-14-32-53(46)58-57(55)54-33-15-16-34-56(54)60-58)48-24-17-22-44(39-48)45-23-18-31-52(40-45)61(49-25-7-2-8-26-49,50-27-9-3-10-28-50)51-29-11-4-12-30-51/h1-41H. The van der Waals surface area contributed by atoms with E-state index in [-0.39, 0.29) is 0 Å². The van der Waals surface area contributed by atoms with Crippen LogP contribution in [0, 0.1) is 0 Å². The Labute approximate surface area is 362 Å². The summed E-state index contributed by atoms with van der Waals surface area (Å²) in [6.07, 6.45) is 0. The molecule has 0 unspecified atom stereocenters. The lowest BCUT2D eigenvalue weighted by molar-refractivity contribution is 1.30. The van der Waals surface area contributed by atoms with Crippen LogP contribution in [0.2, 0.25) is 0 Å². The molecule has 0 atom stereocenters. The van der Waals surface area contributed by atoms with Gasteiger partial charge in [0.15, 0.2) is 8.07 Å². The van der Waals surface area contributed by atoms with Crippen LogP contribution in [0.3, 0.4) is 0 Å². The summed E-state index contributed by atoms with van der Waals surface area (Å²) in [4.78, 5) is 2.48. The van der Waals surface area contributed by atoms with Gasteiger partial charge >= 0.3 is 0 Å². The monoisotopic (exact) mass is 811 g/mol. The van der Waals surface area contributed by atoms with E-state index < -0.39 is 8.07 Å². The number of anilines is 3. The van der Waals surface area contributed by atoms with Crippen LogP contribution < -0.4 is 25.6 Å². The van der Waals surface area contributed by atoms with Gasteiger partial charge in [-0.25, -0.2) is 0 Å². The van der Waals surface area contributed by atoms with Crippen molar-refractivity contribution in [1.29, 1.82) is 0 Å². The van der Waals surface area contributed by atoms with Crippen molar-refractivity contribution in [3.63, 3.8) is 0 Å². The third kappa shape index (κ3) is 6.47. The molecule has 0 saturated carbocycles. The summed E-state index contributed by atoms with van der Waals surface area (Å²) in [7, 11) is -2.72. The first-order valence-corrected chi connectivity index (χ1v) is 23.7. The SMILES string of the molecule is c1ccc(-c2ccc(N(c3cccc(-c4cccc([Si](c5ccccc5)(c5ccccc5)c5ccccc5)c4)c3)c3cc4ccccc4c4sc5ccccc5c34)cc2)cc1. The molecule has 11 aromatic rings. The summed E-state index contributed by atoms with van der Waals surface area (Å²) < 4.78 is 2.61. The zero-order chi connectivity index (χ0) is 40.6. The molecule has 0 radical (unpaired) electrons. The van der Waals surface area contributed by atoms with Gasteiger partial charge in [0.2, 0.25) is 0 Å². The maximum Gasteiger partial charge on any atom is 0.179 e. The molecule has 1 nitrogen and oxygen atoms in total. The summed E-state index contributed by atoms with van der Waals surface area (Å²) in [5.74, 6) is 0. The molecule has 288 valence electrons. The second kappa shape index (κ2) is 15.7. The van der Waals surface area contributed by atoms with E-state index in [2.05, 4.69) is 254 Å². The molecule has 0 amide bonds. The van der Waals surface area contributed by atoms with Gasteiger partial charge in [0, 0.05) is 31.5 Å². The minimum atomic E-state index is -2.72. The van der Waals surface area contributed by atoms with Gasteiger partial charge in [-0.15, -0.1) is 11.3 Å². The summed E-state index contributed by atoms with van der Waals surface area (Å²) in [5.41, 5.74) is 8.18. The van der Waals surface area contributed by atoms with Gasteiger partial charge in [0.1, 0.15) is 0 Å². The maximum absolute atomic E-state index is 2.72. The quantitative estimate of drug-likeness (QED) is 0.104. The normalized spacial score (nSPS) is 11.6. The van der Waals surface area contributed by atoms with Crippen LogP contribution in [-0.4, -0.2) is 8.07 Å². The average molecular weight is 812 g/mol. The number of fused-ring (bicyclic) bond motifs is 5. The fourth-order valence-electron chi connectivity index (χ4n) is 9.40. The zero-order valence-corrected chi connectivity index (χ0v) is 35.3. The Hall–Kier alpha value is -7.30. The largest absolute Gasteiger partial charge is 0.310 e. The molecule has 0 spiro atoms. The highest BCUT2D eigenvalue weighted by atomic mass is 32.1. The summed E-state index contributed by atoms with van der Waals surface area (Å²) >= 11 is 1.89. The highest BCUT2D eigenvalue weighted by Gasteiger charge is 2.41. The van der Waals surface area contributed by atoms with E-state index in [4.69, 9.17) is 0 Å². The van der Waals surface area contributed by atoms with Crippen LogP contribution in [0.5, 0.6) is 0 Å². The van der Waals surface area contributed by atoms with Crippen molar-refractivity contribution >= 4 is 88.2 Å². The predicted octanol–water partition coefficient (Wildman–Crippen LogP) is 13.4. The Kier molecular flexibility index (Phi) is 9.46. The Morgan fingerprint density at radius 3 is 1.48 bits per heavy atom. The van der Waals surface area contributed by atoms with E-state index in [0.29, 0.717) is 0 Å². The Bertz CT molecular complexity index is 3190. The van der Waals surface area contributed by atoms with Crippen LogP contribution in [0.15, 0.2) is 249 Å². The molecule has 11 rings (SSSR count). The molecule has 61 heavy (non-hydrogen) atoms. The average Bonchev–Trinajstić information content (AvgIpc) is 3.74. The van der Waals surface area contributed by atoms with E-state index >= 15 is 0 Å². The van der Waals surface area contributed by atoms with E-state index in [1.165, 1.54) is 79.6 Å². The third-order valence-corrected chi connectivity index (χ3v) is 18.2. The molecule has 0 aliphatic carbocycles. The second-order valence-electron chi connectivity index (χ2n) is 15.6. The lowest BCUT2D eigenvalue weighted by atomic mass is 10.0. The first kappa shape index (κ1) is 36.8. The Morgan fingerprint density at radius 2 is 0.820 bits per heavy atom. The molecule has 0 bridgehead atoms. The van der Waals surface area contributed by atoms with Crippen LogP contribution in [0.25, 0.3) is 53.2 Å². The van der Waals surface area contributed by atoms with E-state index in [1.54, 1.807) is 0 Å². The minimum Gasteiger partial charge on any atom is -0.310 e. The molecule has 0 aliphatic heterocycles. The van der Waals surface area contributed by atoms with Gasteiger partial charge in [-0.1, -0.05) is 212 Å². The highest BCUT2D eigenvalue weighted by Crippen LogP contribution is 2.48. The molecular formula is C58H41NSSi. The van der Waals surface area contributed by atoms with Crippen molar-refractivity contribution < 1.29 is 0 Å². The first-order valence-electron chi connectivity index (χ1n) is 20.9. The summed E-state index contributed by atoms with van der Waals surface area (Å²) in [6, 6.07) is 91.9. The molecule has 0 saturated heterocycles. The molecule has 0 aliphatic rings. The Morgan fingerprint density at radius 1 is 0.328 bits per heavy atom. The second-order valence-corrected chi connectivity index (χ2v) is 20.5. The van der Waals surface area contributed by atoms with Gasteiger partial charge in [-0.2, -0.15) is 0 Å². The predicted molar refractivity (Wildman–Crippen MR) is 266 cm³/mol. The maximum atomic E-state index is 2.48. The number of hydrogen-bond acceptors (Lipinski definition) is 2. The Balaban J connectivity index is 1.13. The molecule has 1 heterocycles.